The van der Waals surface area contributed by atoms with Crippen LogP contribution in [0.4, 0.5) is 0 Å². The first-order valence-electron chi connectivity index (χ1n) is 9.65. The summed E-state index contributed by atoms with van der Waals surface area (Å²) < 4.78 is 0. The van der Waals surface area contributed by atoms with Gasteiger partial charge in [0.05, 0.1) is 6.04 Å². The fraction of sp³-hybridized carbons (Fsp3) is 0.737. The van der Waals surface area contributed by atoms with Crippen molar-refractivity contribution in [2.45, 2.75) is 45.7 Å². The fourth-order valence-electron chi connectivity index (χ4n) is 3.58. The first-order valence-corrected chi connectivity index (χ1v) is 10.5. The summed E-state index contributed by atoms with van der Waals surface area (Å²) in [6.07, 6.45) is 2.63. The molecule has 25 heavy (non-hydrogen) atoms. The molecule has 2 unspecified atom stereocenters. The molecule has 0 radical (unpaired) electrons. The van der Waals surface area contributed by atoms with Gasteiger partial charge in [0.25, 0.3) is 0 Å². The Morgan fingerprint density at radius 1 is 1.24 bits per heavy atom. The van der Waals surface area contributed by atoms with Gasteiger partial charge >= 0.3 is 0 Å². The van der Waals surface area contributed by atoms with E-state index in [2.05, 4.69) is 63.7 Å². The van der Waals surface area contributed by atoms with Crippen LogP contribution in [0.1, 0.15) is 44.5 Å². The molecule has 1 fully saturated rings. The molecule has 6 heteroatoms. The summed E-state index contributed by atoms with van der Waals surface area (Å²) >= 11 is 1.86. The molecule has 0 amide bonds. The predicted octanol–water partition coefficient (Wildman–Crippen LogP) is 2.78. The zero-order valence-corrected chi connectivity index (χ0v) is 17.1. The van der Waals surface area contributed by atoms with Gasteiger partial charge in [0.15, 0.2) is 5.96 Å². The standard InChI is InChI=1S/C19H35N5S/c1-5-23(6-2)16(3)14-21-19(20-4)22-15-17(18-10-9-13-25-18)24-11-7-8-12-24/h9-10,13,16-17H,5-8,11-12,14-15H2,1-4H3,(H2,20,21,22). The van der Waals surface area contributed by atoms with E-state index in [1.165, 1.54) is 30.8 Å². The monoisotopic (exact) mass is 365 g/mol. The lowest BCUT2D eigenvalue weighted by atomic mass is 10.2. The third-order valence-electron chi connectivity index (χ3n) is 5.14. The van der Waals surface area contributed by atoms with E-state index in [0.717, 1.165) is 32.1 Å². The molecule has 0 bridgehead atoms. The molecule has 5 nitrogen and oxygen atoms in total. The highest BCUT2D eigenvalue weighted by molar-refractivity contribution is 7.10. The molecule has 0 aliphatic carbocycles. The summed E-state index contributed by atoms with van der Waals surface area (Å²) in [7, 11) is 1.85. The van der Waals surface area contributed by atoms with Crippen molar-refractivity contribution in [2.75, 3.05) is 46.3 Å². The van der Waals surface area contributed by atoms with Crippen LogP contribution in [-0.4, -0.2) is 68.1 Å². The Kier molecular flexibility index (Phi) is 8.72. The summed E-state index contributed by atoms with van der Waals surface area (Å²) in [6.45, 7) is 13.1. The Balaban J connectivity index is 1.87. The molecule has 1 aromatic rings. The van der Waals surface area contributed by atoms with E-state index in [0.29, 0.717) is 12.1 Å². The number of hydrogen-bond acceptors (Lipinski definition) is 4. The third-order valence-corrected chi connectivity index (χ3v) is 6.11. The Bertz CT molecular complexity index is 492. The third kappa shape index (κ3) is 5.97. The van der Waals surface area contributed by atoms with Gasteiger partial charge in [-0.1, -0.05) is 19.9 Å². The maximum absolute atomic E-state index is 4.41. The number of guanidine groups is 1. The molecule has 2 rings (SSSR count). The normalized spacial score (nSPS) is 18.5. The number of aliphatic imine (C=N–C) groups is 1. The van der Waals surface area contributed by atoms with Crippen LogP contribution < -0.4 is 10.6 Å². The molecule has 1 aliphatic rings. The largest absolute Gasteiger partial charge is 0.355 e. The first kappa shape index (κ1) is 20.2. The smallest absolute Gasteiger partial charge is 0.191 e. The molecule has 2 atom stereocenters. The van der Waals surface area contributed by atoms with Gasteiger partial charge in [-0.15, -0.1) is 11.3 Å². The van der Waals surface area contributed by atoms with Crippen molar-refractivity contribution in [3.8, 4) is 0 Å². The van der Waals surface area contributed by atoms with E-state index in [9.17, 15) is 0 Å². The van der Waals surface area contributed by atoms with Crippen molar-refractivity contribution >= 4 is 17.3 Å². The van der Waals surface area contributed by atoms with E-state index >= 15 is 0 Å². The van der Waals surface area contributed by atoms with Gasteiger partial charge < -0.3 is 10.6 Å². The van der Waals surface area contributed by atoms with Gasteiger partial charge in [-0.25, -0.2) is 0 Å². The molecular formula is C19H35N5S. The second-order valence-corrected chi connectivity index (χ2v) is 7.66. The number of hydrogen-bond donors (Lipinski definition) is 2. The minimum Gasteiger partial charge on any atom is -0.355 e. The number of likely N-dealkylation sites (tertiary alicyclic amines) is 1. The molecule has 142 valence electrons. The van der Waals surface area contributed by atoms with Crippen LogP contribution in [0.25, 0.3) is 0 Å². The van der Waals surface area contributed by atoms with E-state index in [-0.39, 0.29) is 0 Å². The molecule has 0 spiro atoms. The maximum atomic E-state index is 4.41. The van der Waals surface area contributed by atoms with Gasteiger partial charge in [0.2, 0.25) is 0 Å². The van der Waals surface area contributed by atoms with Crippen molar-refractivity contribution in [3.05, 3.63) is 22.4 Å². The predicted molar refractivity (Wildman–Crippen MR) is 110 cm³/mol. The molecule has 1 saturated heterocycles. The Labute approximate surface area is 157 Å². The topological polar surface area (TPSA) is 42.9 Å². The number of rotatable bonds is 9. The van der Waals surface area contributed by atoms with Crippen LogP contribution in [0.5, 0.6) is 0 Å². The Hall–Kier alpha value is -1.11. The van der Waals surface area contributed by atoms with Crippen LogP contribution in [0.15, 0.2) is 22.5 Å². The number of thiophene rings is 1. The summed E-state index contributed by atoms with van der Waals surface area (Å²) in [5.74, 6) is 0.903. The van der Waals surface area contributed by atoms with E-state index in [1.54, 1.807) is 0 Å². The van der Waals surface area contributed by atoms with Crippen molar-refractivity contribution in [3.63, 3.8) is 0 Å². The number of likely N-dealkylation sites (N-methyl/N-ethyl adjacent to an activating group) is 1. The lowest BCUT2D eigenvalue weighted by Crippen LogP contribution is -2.47. The fourth-order valence-corrected chi connectivity index (χ4v) is 4.44. The quantitative estimate of drug-likeness (QED) is 0.522. The van der Waals surface area contributed by atoms with Crippen molar-refractivity contribution in [1.82, 2.24) is 20.4 Å². The highest BCUT2D eigenvalue weighted by Crippen LogP contribution is 2.27. The van der Waals surface area contributed by atoms with Crippen LogP contribution in [0.2, 0.25) is 0 Å². The van der Waals surface area contributed by atoms with Crippen LogP contribution in [0, 0.1) is 0 Å². The second kappa shape index (κ2) is 10.8. The first-order chi connectivity index (χ1) is 12.2. The summed E-state index contributed by atoms with van der Waals surface area (Å²) in [4.78, 5) is 10.9. The van der Waals surface area contributed by atoms with E-state index in [4.69, 9.17) is 0 Å². The van der Waals surface area contributed by atoms with Crippen LogP contribution >= 0.6 is 11.3 Å². The van der Waals surface area contributed by atoms with Crippen molar-refractivity contribution in [1.29, 1.82) is 0 Å². The van der Waals surface area contributed by atoms with Gasteiger partial charge in [0, 0.05) is 31.1 Å². The Morgan fingerprint density at radius 3 is 2.48 bits per heavy atom. The highest BCUT2D eigenvalue weighted by atomic mass is 32.1. The summed E-state index contributed by atoms with van der Waals surface area (Å²) in [5.41, 5.74) is 0. The van der Waals surface area contributed by atoms with Crippen molar-refractivity contribution in [2.24, 2.45) is 4.99 Å². The lowest BCUT2D eigenvalue weighted by molar-refractivity contribution is 0.230. The van der Waals surface area contributed by atoms with Gasteiger partial charge in [-0.3, -0.25) is 14.8 Å². The SMILES string of the molecule is CCN(CC)C(C)CNC(=NC)NCC(c1cccs1)N1CCCC1. The lowest BCUT2D eigenvalue weighted by Gasteiger charge is -2.29. The molecule has 1 aliphatic heterocycles. The van der Waals surface area contributed by atoms with E-state index < -0.39 is 0 Å². The van der Waals surface area contributed by atoms with Gasteiger partial charge in [0.1, 0.15) is 0 Å². The highest BCUT2D eigenvalue weighted by Gasteiger charge is 2.24. The summed E-state index contributed by atoms with van der Waals surface area (Å²) in [5, 5.41) is 9.22. The molecule has 0 aromatic carbocycles. The number of nitrogens with zero attached hydrogens (tertiary/aromatic N) is 3. The average Bonchev–Trinajstić information content (AvgIpc) is 3.33. The molecule has 2 N–H and O–H groups in total. The van der Waals surface area contributed by atoms with Crippen molar-refractivity contribution < 1.29 is 0 Å². The van der Waals surface area contributed by atoms with Crippen LogP contribution in [0.3, 0.4) is 0 Å². The van der Waals surface area contributed by atoms with E-state index in [1.807, 2.05) is 18.4 Å². The Morgan fingerprint density at radius 2 is 1.92 bits per heavy atom. The molecule has 0 saturated carbocycles. The van der Waals surface area contributed by atoms with Gasteiger partial charge in [-0.2, -0.15) is 0 Å². The maximum Gasteiger partial charge on any atom is 0.191 e. The minimum absolute atomic E-state index is 0.446. The molecular weight excluding hydrogens is 330 g/mol. The number of nitrogens with one attached hydrogen (secondary N) is 2. The van der Waals surface area contributed by atoms with Crippen LogP contribution in [-0.2, 0) is 0 Å². The minimum atomic E-state index is 0.446. The molecule has 1 aromatic heterocycles. The van der Waals surface area contributed by atoms with Gasteiger partial charge in [-0.05, 0) is 57.4 Å². The molecule has 2 heterocycles. The zero-order chi connectivity index (χ0) is 18.1. The second-order valence-electron chi connectivity index (χ2n) is 6.68. The zero-order valence-electron chi connectivity index (χ0n) is 16.3. The summed E-state index contributed by atoms with van der Waals surface area (Å²) in [6, 6.07) is 5.36. The average molecular weight is 366 g/mol.